The van der Waals surface area contributed by atoms with Crippen molar-refractivity contribution in [2.24, 2.45) is 0 Å². The van der Waals surface area contributed by atoms with Gasteiger partial charge < -0.3 is 5.32 Å². The second-order valence-electron chi connectivity index (χ2n) is 4.94. The van der Waals surface area contributed by atoms with Crippen LogP contribution in [0.1, 0.15) is 28.9 Å². The van der Waals surface area contributed by atoms with Gasteiger partial charge in [-0.2, -0.15) is 0 Å². The van der Waals surface area contributed by atoms with Crippen LogP contribution in [0.5, 0.6) is 0 Å². The van der Waals surface area contributed by atoms with E-state index in [1.807, 2.05) is 49.4 Å². The molecule has 0 spiro atoms. The molecule has 0 radical (unpaired) electrons. The van der Waals surface area contributed by atoms with Crippen LogP contribution in [0.2, 0.25) is 0 Å². The molecule has 1 saturated carbocycles. The lowest BCUT2D eigenvalue weighted by molar-refractivity contribution is 0.0950. The molecule has 0 unspecified atom stereocenters. The molecule has 0 atom stereocenters. The van der Waals surface area contributed by atoms with Crippen molar-refractivity contribution in [3.8, 4) is 11.3 Å². The van der Waals surface area contributed by atoms with Gasteiger partial charge in [0.25, 0.3) is 5.91 Å². The molecule has 0 aliphatic heterocycles. The van der Waals surface area contributed by atoms with Gasteiger partial charge in [-0.1, -0.05) is 30.3 Å². The third-order valence-corrected chi connectivity index (χ3v) is 3.31. The maximum absolute atomic E-state index is 12.0. The first-order chi connectivity index (χ1) is 9.24. The Bertz CT molecular complexity index is 603. The van der Waals surface area contributed by atoms with Crippen molar-refractivity contribution < 1.29 is 4.79 Å². The number of carbonyl (C=O) groups excluding carboxylic acids is 1. The van der Waals surface area contributed by atoms with Crippen LogP contribution in [-0.4, -0.2) is 16.9 Å². The average molecular weight is 252 g/mol. The number of benzene rings is 1. The summed E-state index contributed by atoms with van der Waals surface area (Å²) in [6.45, 7) is 1.88. The molecule has 1 fully saturated rings. The zero-order valence-corrected chi connectivity index (χ0v) is 10.9. The predicted octanol–water partition coefficient (Wildman–Crippen LogP) is 2.95. The van der Waals surface area contributed by atoms with E-state index in [0.717, 1.165) is 29.8 Å². The fourth-order valence-electron chi connectivity index (χ4n) is 2.06. The van der Waals surface area contributed by atoms with Crippen LogP contribution in [0.3, 0.4) is 0 Å². The van der Waals surface area contributed by atoms with Crippen LogP contribution in [0.4, 0.5) is 0 Å². The second kappa shape index (κ2) is 4.84. The maximum Gasteiger partial charge on any atom is 0.253 e. The molecule has 3 nitrogen and oxygen atoms in total. The van der Waals surface area contributed by atoms with Crippen molar-refractivity contribution >= 4 is 5.91 Å². The molecule has 96 valence electrons. The zero-order valence-electron chi connectivity index (χ0n) is 10.9. The summed E-state index contributed by atoms with van der Waals surface area (Å²) in [5, 5.41) is 2.99. The van der Waals surface area contributed by atoms with Gasteiger partial charge in [0, 0.05) is 11.6 Å². The van der Waals surface area contributed by atoms with Gasteiger partial charge in [-0.25, -0.2) is 0 Å². The number of hydrogen-bond donors (Lipinski definition) is 1. The van der Waals surface area contributed by atoms with Crippen molar-refractivity contribution in [3.63, 3.8) is 0 Å². The normalized spacial score (nSPS) is 14.2. The quantitative estimate of drug-likeness (QED) is 0.912. The summed E-state index contributed by atoms with van der Waals surface area (Å²) in [6.07, 6.45) is 2.20. The lowest BCUT2D eigenvalue weighted by atomic mass is 10.1. The smallest absolute Gasteiger partial charge is 0.253 e. The first-order valence-corrected chi connectivity index (χ1v) is 6.58. The highest BCUT2D eigenvalue weighted by molar-refractivity contribution is 5.95. The Labute approximate surface area is 112 Å². The summed E-state index contributed by atoms with van der Waals surface area (Å²) in [4.78, 5) is 16.5. The summed E-state index contributed by atoms with van der Waals surface area (Å²) in [5.74, 6) is -0.00730. The number of amides is 1. The zero-order chi connectivity index (χ0) is 13.2. The molecule has 3 rings (SSSR count). The van der Waals surface area contributed by atoms with E-state index in [1.165, 1.54) is 0 Å². The Morgan fingerprint density at radius 2 is 1.89 bits per heavy atom. The van der Waals surface area contributed by atoms with E-state index in [0.29, 0.717) is 11.6 Å². The van der Waals surface area contributed by atoms with Gasteiger partial charge in [0.05, 0.1) is 17.0 Å². The van der Waals surface area contributed by atoms with Crippen molar-refractivity contribution in [1.29, 1.82) is 0 Å². The molecular weight excluding hydrogens is 236 g/mol. The molecule has 3 heteroatoms. The third kappa shape index (κ3) is 2.65. The van der Waals surface area contributed by atoms with E-state index in [-0.39, 0.29) is 5.91 Å². The van der Waals surface area contributed by atoms with Crippen molar-refractivity contribution in [2.45, 2.75) is 25.8 Å². The standard InChI is InChI=1S/C16H16N2O/c1-11-14(16(19)18-13-7-8-13)9-10-15(17-11)12-5-3-2-4-6-12/h2-6,9-10,13H,7-8H2,1H3,(H,18,19). The van der Waals surface area contributed by atoms with E-state index in [2.05, 4.69) is 10.3 Å². The maximum atomic E-state index is 12.0. The molecule has 1 aromatic carbocycles. The molecule has 1 heterocycles. The third-order valence-electron chi connectivity index (χ3n) is 3.31. The van der Waals surface area contributed by atoms with Crippen molar-refractivity contribution in [2.75, 3.05) is 0 Å². The fraction of sp³-hybridized carbons (Fsp3) is 0.250. The SMILES string of the molecule is Cc1nc(-c2ccccc2)ccc1C(=O)NC1CC1. The number of rotatable bonds is 3. The summed E-state index contributed by atoms with van der Waals surface area (Å²) in [7, 11) is 0. The van der Waals surface area contributed by atoms with E-state index >= 15 is 0 Å². The number of aromatic nitrogens is 1. The van der Waals surface area contributed by atoms with Gasteiger partial charge in [-0.05, 0) is 31.9 Å². The highest BCUT2D eigenvalue weighted by Gasteiger charge is 2.24. The summed E-state index contributed by atoms with van der Waals surface area (Å²) >= 11 is 0. The van der Waals surface area contributed by atoms with Crippen LogP contribution in [0, 0.1) is 6.92 Å². The first-order valence-electron chi connectivity index (χ1n) is 6.58. The molecule has 2 aromatic rings. The molecule has 1 amide bonds. The van der Waals surface area contributed by atoms with E-state index < -0.39 is 0 Å². The molecule has 1 N–H and O–H groups in total. The Hall–Kier alpha value is -2.16. The Balaban J connectivity index is 1.87. The Morgan fingerprint density at radius 3 is 2.53 bits per heavy atom. The topological polar surface area (TPSA) is 42.0 Å². The van der Waals surface area contributed by atoms with Crippen LogP contribution >= 0.6 is 0 Å². The minimum atomic E-state index is -0.00730. The summed E-state index contributed by atoms with van der Waals surface area (Å²) < 4.78 is 0. The number of hydrogen-bond acceptors (Lipinski definition) is 2. The fourth-order valence-corrected chi connectivity index (χ4v) is 2.06. The van der Waals surface area contributed by atoms with Crippen molar-refractivity contribution in [3.05, 3.63) is 53.7 Å². The Morgan fingerprint density at radius 1 is 1.16 bits per heavy atom. The molecule has 0 bridgehead atoms. The first kappa shape index (κ1) is 11.9. The largest absolute Gasteiger partial charge is 0.349 e. The second-order valence-corrected chi connectivity index (χ2v) is 4.94. The monoisotopic (exact) mass is 252 g/mol. The highest BCUT2D eigenvalue weighted by atomic mass is 16.1. The number of aryl methyl sites for hydroxylation is 1. The number of pyridine rings is 1. The highest BCUT2D eigenvalue weighted by Crippen LogP contribution is 2.21. The van der Waals surface area contributed by atoms with E-state index in [4.69, 9.17) is 0 Å². The number of nitrogens with one attached hydrogen (secondary N) is 1. The molecular formula is C16H16N2O. The summed E-state index contributed by atoms with van der Waals surface area (Å²) in [6, 6.07) is 14.1. The van der Waals surface area contributed by atoms with Gasteiger partial charge in [0.1, 0.15) is 0 Å². The van der Waals surface area contributed by atoms with E-state index in [1.54, 1.807) is 0 Å². The number of carbonyl (C=O) groups is 1. The molecule has 1 aliphatic carbocycles. The molecule has 19 heavy (non-hydrogen) atoms. The van der Waals surface area contributed by atoms with Crippen LogP contribution in [0.25, 0.3) is 11.3 Å². The van der Waals surface area contributed by atoms with Gasteiger partial charge >= 0.3 is 0 Å². The van der Waals surface area contributed by atoms with Gasteiger partial charge in [-0.15, -0.1) is 0 Å². The van der Waals surface area contributed by atoms with Crippen LogP contribution in [0.15, 0.2) is 42.5 Å². The van der Waals surface area contributed by atoms with Gasteiger partial charge in [0.2, 0.25) is 0 Å². The minimum absolute atomic E-state index is 0.00730. The van der Waals surface area contributed by atoms with Gasteiger partial charge in [-0.3, -0.25) is 9.78 Å². The van der Waals surface area contributed by atoms with Crippen molar-refractivity contribution in [1.82, 2.24) is 10.3 Å². The molecule has 1 aliphatic rings. The average Bonchev–Trinajstić information content (AvgIpc) is 3.23. The molecule has 1 aromatic heterocycles. The van der Waals surface area contributed by atoms with Crippen LogP contribution in [-0.2, 0) is 0 Å². The van der Waals surface area contributed by atoms with E-state index in [9.17, 15) is 4.79 Å². The predicted molar refractivity (Wildman–Crippen MR) is 74.9 cm³/mol. The van der Waals surface area contributed by atoms with Gasteiger partial charge in [0.15, 0.2) is 0 Å². The minimum Gasteiger partial charge on any atom is -0.349 e. The molecule has 0 saturated heterocycles. The lowest BCUT2D eigenvalue weighted by Gasteiger charge is -2.08. The number of nitrogens with zero attached hydrogens (tertiary/aromatic N) is 1. The van der Waals surface area contributed by atoms with Crippen LogP contribution < -0.4 is 5.32 Å². The summed E-state index contributed by atoms with van der Waals surface area (Å²) in [5.41, 5.74) is 3.42. The lowest BCUT2D eigenvalue weighted by Crippen LogP contribution is -2.26. The Kier molecular flexibility index (Phi) is 3.03.